The summed E-state index contributed by atoms with van der Waals surface area (Å²) in [7, 11) is 0. The predicted molar refractivity (Wildman–Crippen MR) is 149 cm³/mol. The Bertz CT molecular complexity index is 1550. The molecule has 37 heavy (non-hydrogen) atoms. The van der Waals surface area contributed by atoms with E-state index in [4.69, 9.17) is 0 Å². The number of aryl methyl sites for hydroxylation is 2. The maximum absolute atomic E-state index is 12.4. The first kappa shape index (κ1) is 24.6. The zero-order chi connectivity index (χ0) is 25.8. The lowest BCUT2D eigenvalue weighted by Crippen LogP contribution is -2.11. The molecule has 7 heteroatoms. The zero-order valence-electron chi connectivity index (χ0n) is 20.8. The van der Waals surface area contributed by atoms with Gasteiger partial charge in [0.15, 0.2) is 0 Å². The average molecular weight is 509 g/mol. The van der Waals surface area contributed by atoms with Crippen LogP contribution in [-0.4, -0.2) is 26.0 Å². The zero-order valence-corrected chi connectivity index (χ0v) is 21.6. The van der Waals surface area contributed by atoms with E-state index in [2.05, 4.69) is 22.4 Å². The number of hydrogen-bond acceptors (Lipinski definition) is 5. The quantitative estimate of drug-likeness (QED) is 0.232. The van der Waals surface area contributed by atoms with Crippen LogP contribution in [0.2, 0.25) is 0 Å². The molecule has 0 atom stereocenters. The molecule has 0 aliphatic heterocycles. The van der Waals surface area contributed by atoms with E-state index in [1.165, 1.54) is 4.80 Å². The topological polar surface area (TPSA) is 80.0 Å². The number of nitrogens with one attached hydrogen (secondary N) is 1. The van der Waals surface area contributed by atoms with Gasteiger partial charge < -0.3 is 10.4 Å². The number of aromatic hydroxyl groups is 1. The van der Waals surface area contributed by atoms with Gasteiger partial charge in [-0.25, -0.2) is 0 Å². The largest absolute Gasteiger partial charge is 0.505 e. The first-order valence-electron chi connectivity index (χ1n) is 12.3. The number of anilines is 1. The average Bonchev–Trinajstić information content (AvgIpc) is 3.34. The van der Waals surface area contributed by atoms with Crippen molar-refractivity contribution in [2.75, 3.05) is 5.32 Å². The molecule has 0 aliphatic rings. The Labute approximate surface area is 220 Å². The standard InChI is InChI=1S/C30H28N4O2S/c1-3-4-8-22-17-20(2)18-28(29(22)35)34-32-26-16-15-25(19-27(26)33-34)37-24-13-11-23(12-14-24)31-30(36)21-9-6-5-7-10-21/h5-7,9-19,35H,3-4,8H2,1-2H3,(H,31,36). The van der Waals surface area contributed by atoms with Crippen molar-refractivity contribution in [1.29, 1.82) is 0 Å². The SMILES string of the molecule is CCCCc1cc(C)cc(-n2nc3ccc(Sc4ccc(NC(=O)c5ccccc5)cc4)cc3n2)c1O. The van der Waals surface area contributed by atoms with Crippen LogP contribution in [0.1, 0.15) is 41.3 Å². The molecule has 5 aromatic rings. The molecule has 5 rings (SSSR count). The molecule has 1 amide bonds. The molecule has 4 aromatic carbocycles. The highest BCUT2D eigenvalue weighted by atomic mass is 32.2. The van der Waals surface area contributed by atoms with E-state index in [1.807, 2.05) is 79.7 Å². The normalized spacial score (nSPS) is 11.1. The highest BCUT2D eigenvalue weighted by molar-refractivity contribution is 7.99. The van der Waals surface area contributed by atoms with Gasteiger partial charge in [-0.3, -0.25) is 4.79 Å². The Morgan fingerprint density at radius 3 is 2.41 bits per heavy atom. The number of carbonyl (C=O) groups is 1. The summed E-state index contributed by atoms with van der Waals surface area (Å²) < 4.78 is 0. The summed E-state index contributed by atoms with van der Waals surface area (Å²) in [5, 5.41) is 23.1. The van der Waals surface area contributed by atoms with Crippen molar-refractivity contribution >= 4 is 34.4 Å². The van der Waals surface area contributed by atoms with Crippen molar-refractivity contribution in [1.82, 2.24) is 15.0 Å². The van der Waals surface area contributed by atoms with Crippen LogP contribution in [0.4, 0.5) is 5.69 Å². The summed E-state index contributed by atoms with van der Waals surface area (Å²) >= 11 is 1.61. The number of phenols is 1. The minimum absolute atomic E-state index is 0.133. The van der Waals surface area contributed by atoms with E-state index < -0.39 is 0 Å². The minimum atomic E-state index is -0.133. The Balaban J connectivity index is 1.32. The molecule has 0 aliphatic carbocycles. The smallest absolute Gasteiger partial charge is 0.255 e. The van der Waals surface area contributed by atoms with Crippen molar-refractivity contribution in [3.63, 3.8) is 0 Å². The Morgan fingerprint density at radius 2 is 1.65 bits per heavy atom. The molecule has 0 fully saturated rings. The predicted octanol–water partition coefficient (Wildman–Crippen LogP) is 7.18. The van der Waals surface area contributed by atoms with Gasteiger partial charge in [0, 0.05) is 21.0 Å². The van der Waals surface area contributed by atoms with Gasteiger partial charge in [-0.15, -0.1) is 15.0 Å². The maximum Gasteiger partial charge on any atom is 0.255 e. The summed E-state index contributed by atoms with van der Waals surface area (Å²) in [5.74, 6) is 0.111. The van der Waals surface area contributed by atoms with Gasteiger partial charge in [0.25, 0.3) is 5.91 Å². The van der Waals surface area contributed by atoms with Crippen LogP contribution in [-0.2, 0) is 6.42 Å². The fourth-order valence-corrected chi connectivity index (χ4v) is 5.00. The second-order valence-corrected chi connectivity index (χ2v) is 10.1. The first-order valence-corrected chi connectivity index (χ1v) is 13.2. The summed E-state index contributed by atoms with van der Waals surface area (Å²) in [6.45, 7) is 4.16. The highest BCUT2D eigenvalue weighted by Gasteiger charge is 2.14. The third-order valence-electron chi connectivity index (χ3n) is 6.06. The highest BCUT2D eigenvalue weighted by Crippen LogP contribution is 2.32. The number of unbranched alkanes of at least 4 members (excludes halogenated alkanes) is 1. The molecule has 0 bridgehead atoms. The van der Waals surface area contributed by atoms with Crippen LogP contribution in [0.15, 0.2) is 94.7 Å². The van der Waals surface area contributed by atoms with Gasteiger partial charge >= 0.3 is 0 Å². The molecule has 1 aromatic heterocycles. The van der Waals surface area contributed by atoms with Crippen molar-refractivity contribution in [3.8, 4) is 11.4 Å². The number of hydrogen-bond donors (Lipinski definition) is 2. The molecule has 1 heterocycles. The van der Waals surface area contributed by atoms with Crippen LogP contribution < -0.4 is 5.32 Å². The number of aromatic nitrogens is 3. The van der Waals surface area contributed by atoms with E-state index in [1.54, 1.807) is 23.9 Å². The number of carbonyl (C=O) groups excluding carboxylic acids is 1. The summed E-state index contributed by atoms with van der Waals surface area (Å²) in [6, 6.07) is 26.8. The van der Waals surface area contributed by atoms with Crippen molar-refractivity contribution in [3.05, 3.63) is 102 Å². The van der Waals surface area contributed by atoms with Crippen LogP contribution in [0, 0.1) is 6.92 Å². The molecule has 0 unspecified atom stereocenters. The van der Waals surface area contributed by atoms with Gasteiger partial charge in [0.05, 0.1) is 0 Å². The number of fused-ring (bicyclic) bond motifs is 1. The molecular weight excluding hydrogens is 480 g/mol. The minimum Gasteiger partial charge on any atom is -0.505 e. The Kier molecular flexibility index (Phi) is 7.23. The van der Waals surface area contributed by atoms with Crippen LogP contribution in [0.25, 0.3) is 16.7 Å². The molecule has 0 spiro atoms. The number of benzene rings is 4. The number of amides is 1. The van der Waals surface area contributed by atoms with E-state index >= 15 is 0 Å². The fourth-order valence-electron chi connectivity index (χ4n) is 4.14. The third kappa shape index (κ3) is 5.67. The van der Waals surface area contributed by atoms with E-state index in [0.29, 0.717) is 11.3 Å². The van der Waals surface area contributed by atoms with Gasteiger partial charge in [0.1, 0.15) is 22.5 Å². The lowest BCUT2D eigenvalue weighted by Gasteiger charge is -2.10. The molecule has 0 saturated carbocycles. The first-order chi connectivity index (χ1) is 18.0. The van der Waals surface area contributed by atoms with Gasteiger partial charge in [-0.05, 0) is 91.6 Å². The second-order valence-electron chi connectivity index (χ2n) is 8.98. The molecule has 186 valence electrons. The number of rotatable bonds is 8. The summed E-state index contributed by atoms with van der Waals surface area (Å²) in [4.78, 5) is 16.0. The number of phenolic OH excluding ortho intramolecular Hbond substituents is 1. The second kappa shape index (κ2) is 10.9. The van der Waals surface area contributed by atoms with Gasteiger partial charge in [-0.2, -0.15) is 0 Å². The summed E-state index contributed by atoms with van der Waals surface area (Å²) in [6.07, 6.45) is 2.91. The van der Waals surface area contributed by atoms with E-state index in [-0.39, 0.29) is 11.7 Å². The van der Waals surface area contributed by atoms with Crippen molar-refractivity contribution in [2.45, 2.75) is 42.9 Å². The number of nitrogens with zero attached hydrogens (tertiary/aromatic N) is 3. The Morgan fingerprint density at radius 1 is 0.919 bits per heavy atom. The van der Waals surface area contributed by atoms with Crippen molar-refractivity contribution < 1.29 is 9.90 Å². The monoisotopic (exact) mass is 508 g/mol. The lowest BCUT2D eigenvalue weighted by atomic mass is 10.0. The summed E-state index contributed by atoms with van der Waals surface area (Å²) in [5.41, 5.74) is 5.49. The van der Waals surface area contributed by atoms with Gasteiger partial charge in [-0.1, -0.05) is 49.4 Å². The molecular formula is C30H28N4O2S. The van der Waals surface area contributed by atoms with Crippen molar-refractivity contribution in [2.24, 2.45) is 0 Å². The Hall–Kier alpha value is -4.10. The molecule has 0 saturated heterocycles. The lowest BCUT2D eigenvalue weighted by molar-refractivity contribution is 0.102. The molecule has 6 nitrogen and oxygen atoms in total. The fraction of sp³-hybridized carbons (Fsp3) is 0.167. The van der Waals surface area contributed by atoms with E-state index in [0.717, 1.165) is 56.9 Å². The maximum atomic E-state index is 12.4. The van der Waals surface area contributed by atoms with Crippen LogP contribution in [0.3, 0.4) is 0 Å². The van der Waals surface area contributed by atoms with Crippen LogP contribution >= 0.6 is 11.8 Å². The van der Waals surface area contributed by atoms with Gasteiger partial charge in [0.2, 0.25) is 0 Å². The molecule has 2 N–H and O–H groups in total. The van der Waals surface area contributed by atoms with Crippen LogP contribution in [0.5, 0.6) is 5.75 Å². The third-order valence-corrected chi connectivity index (χ3v) is 7.06. The molecule has 0 radical (unpaired) electrons. The van der Waals surface area contributed by atoms with E-state index in [9.17, 15) is 9.90 Å².